The summed E-state index contributed by atoms with van der Waals surface area (Å²) in [6, 6.07) is 9.82. The Morgan fingerprint density at radius 3 is 2.38 bits per heavy atom. The second-order valence-electron chi connectivity index (χ2n) is 5.46. The zero-order valence-corrected chi connectivity index (χ0v) is 15.4. The molecule has 7 heteroatoms. The maximum atomic E-state index is 13.8. The van der Waals surface area contributed by atoms with Crippen LogP contribution in [0, 0.1) is 5.82 Å². The molecule has 5 nitrogen and oxygen atoms in total. The van der Waals surface area contributed by atoms with Crippen LogP contribution in [0.3, 0.4) is 0 Å². The molecule has 0 radical (unpaired) electrons. The molecule has 1 N–H and O–H groups in total. The van der Waals surface area contributed by atoms with Gasteiger partial charge in [0.1, 0.15) is 11.6 Å². The average molecular weight is 375 g/mol. The van der Waals surface area contributed by atoms with E-state index in [-0.39, 0.29) is 18.3 Å². The smallest absolute Gasteiger partial charge is 0.261 e. The van der Waals surface area contributed by atoms with Gasteiger partial charge in [0.25, 0.3) is 5.91 Å². The predicted molar refractivity (Wildman–Crippen MR) is 99.1 cm³/mol. The molecule has 0 spiro atoms. The minimum absolute atomic E-state index is 0.235. The largest absolute Gasteiger partial charge is 0.496 e. The van der Waals surface area contributed by atoms with Crippen molar-refractivity contribution < 1.29 is 23.4 Å². The zero-order chi connectivity index (χ0) is 18.7. The Labute approximate surface area is 154 Å². The van der Waals surface area contributed by atoms with Crippen molar-refractivity contribution in [2.24, 2.45) is 0 Å². The van der Waals surface area contributed by atoms with Gasteiger partial charge >= 0.3 is 0 Å². The van der Waals surface area contributed by atoms with Crippen LogP contribution in [0.4, 0.5) is 4.39 Å². The van der Waals surface area contributed by atoms with E-state index in [1.807, 2.05) is 0 Å². The molecule has 0 fully saturated rings. The standard InChI is InChI=1S/C19H18FNO4S/c1-23-14-9-16(25-3)15(24-2)7-11(14)10-21-19(22)18-8-12-13(20)5-4-6-17(12)26-18/h4-9H,10H2,1-3H3,(H,21,22). The Kier molecular flexibility index (Phi) is 5.27. The summed E-state index contributed by atoms with van der Waals surface area (Å²) in [4.78, 5) is 12.9. The van der Waals surface area contributed by atoms with Gasteiger partial charge in [-0.25, -0.2) is 4.39 Å². The van der Waals surface area contributed by atoms with Crippen molar-refractivity contribution in [3.05, 3.63) is 52.7 Å². The van der Waals surface area contributed by atoms with Crippen LogP contribution in [0.2, 0.25) is 0 Å². The van der Waals surface area contributed by atoms with Gasteiger partial charge in [-0.15, -0.1) is 11.3 Å². The number of carbonyl (C=O) groups excluding carboxylic acids is 1. The average Bonchev–Trinajstić information content (AvgIpc) is 3.11. The quantitative estimate of drug-likeness (QED) is 0.708. The number of ether oxygens (including phenoxy) is 3. The first-order chi connectivity index (χ1) is 12.6. The fourth-order valence-electron chi connectivity index (χ4n) is 2.63. The lowest BCUT2D eigenvalue weighted by molar-refractivity contribution is 0.0954. The molecular formula is C19H18FNO4S. The molecule has 2 aromatic carbocycles. The third-order valence-electron chi connectivity index (χ3n) is 3.96. The second-order valence-corrected chi connectivity index (χ2v) is 6.55. The number of hydrogen-bond donors (Lipinski definition) is 1. The molecule has 26 heavy (non-hydrogen) atoms. The van der Waals surface area contributed by atoms with Crippen LogP contribution in [0.15, 0.2) is 36.4 Å². The topological polar surface area (TPSA) is 56.8 Å². The Balaban J connectivity index is 1.81. The van der Waals surface area contributed by atoms with Crippen molar-refractivity contribution in [1.29, 1.82) is 0 Å². The summed E-state index contributed by atoms with van der Waals surface area (Å²) < 4.78 is 30.4. The summed E-state index contributed by atoms with van der Waals surface area (Å²) in [7, 11) is 4.62. The summed E-state index contributed by atoms with van der Waals surface area (Å²) in [5, 5.41) is 3.28. The van der Waals surface area contributed by atoms with E-state index in [0.29, 0.717) is 27.5 Å². The monoisotopic (exact) mass is 375 g/mol. The van der Waals surface area contributed by atoms with Crippen LogP contribution >= 0.6 is 11.3 Å². The molecule has 3 rings (SSSR count). The predicted octanol–water partition coefficient (Wildman–Crippen LogP) is 4.00. The lowest BCUT2D eigenvalue weighted by Gasteiger charge is -2.14. The molecular weight excluding hydrogens is 357 g/mol. The van der Waals surface area contributed by atoms with Crippen LogP contribution in [-0.4, -0.2) is 27.2 Å². The van der Waals surface area contributed by atoms with Gasteiger partial charge in [-0.3, -0.25) is 4.79 Å². The molecule has 0 atom stereocenters. The van der Waals surface area contributed by atoms with Gasteiger partial charge in [0, 0.05) is 28.3 Å². The number of benzene rings is 2. The molecule has 0 unspecified atom stereocenters. The van der Waals surface area contributed by atoms with E-state index in [0.717, 1.165) is 10.3 Å². The van der Waals surface area contributed by atoms with Crippen LogP contribution in [0.1, 0.15) is 15.2 Å². The van der Waals surface area contributed by atoms with E-state index in [2.05, 4.69) is 5.32 Å². The second kappa shape index (κ2) is 7.61. The molecule has 1 aromatic heterocycles. The number of amides is 1. The number of fused-ring (bicyclic) bond motifs is 1. The summed E-state index contributed by atoms with van der Waals surface area (Å²) in [5.74, 6) is 1.05. The maximum absolute atomic E-state index is 13.8. The molecule has 136 valence electrons. The van der Waals surface area contributed by atoms with Gasteiger partial charge in [0.2, 0.25) is 0 Å². The van der Waals surface area contributed by atoms with Gasteiger partial charge in [-0.05, 0) is 24.3 Å². The summed E-state index contributed by atoms with van der Waals surface area (Å²) in [6.45, 7) is 0.235. The van der Waals surface area contributed by atoms with Gasteiger partial charge in [-0.2, -0.15) is 0 Å². The molecule has 0 aliphatic heterocycles. The molecule has 3 aromatic rings. The minimum atomic E-state index is -0.334. The highest BCUT2D eigenvalue weighted by molar-refractivity contribution is 7.20. The number of methoxy groups -OCH3 is 3. The molecule has 0 saturated carbocycles. The number of carbonyl (C=O) groups is 1. The highest BCUT2D eigenvalue weighted by atomic mass is 32.1. The lowest BCUT2D eigenvalue weighted by Crippen LogP contribution is -2.22. The van der Waals surface area contributed by atoms with E-state index in [4.69, 9.17) is 14.2 Å². The highest BCUT2D eigenvalue weighted by Gasteiger charge is 2.15. The van der Waals surface area contributed by atoms with Gasteiger partial charge < -0.3 is 19.5 Å². The molecule has 1 amide bonds. The number of nitrogens with one attached hydrogen (secondary N) is 1. The van der Waals surface area contributed by atoms with Gasteiger partial charge in [-0.1, -0.05) is 6.07 Å². The SMILES string of the molecule is COc1cc(OC)c(OC)cc1CNC(=O)c1cc2c(F)cccc2s1. The van der Waals surface area contributed by atoms with Crippen LogP contribution in [0.25, 0.3) is 10.1 Å². The summed E-state index contributed by atoms with van der Waals surface area (Å²) in [6.07, 6.45) is 0. The molecule has 0 aliphatic rings. The number of hydrogen-bond acceptors (Lipinski definition) is 5. The van der Waals surface area contributed by atoms with Crippen LogP contribution in [-0.2, 0) is 6.54 Å². The van der Waals surface area contributed by atoms with Gasteiger partial charge in [0.15, 0.2) is 11.5 Å². The number of halogens is 1. The maximum Gasteiger partial charge on any atom is 0.261 e. The first-order valence-corrected chi connectivity index (χ1v) is 8.64. The number of thiophene rings is 1. The van der Waals surface area contributed by atoms with Crippen molar-refractivity contribution in [3.8, 4) is 17.2 Å². The van der Waals surface area contributed by atoms with Crippen molar-refractivity contribution >= 4 is 27.3 Å². The Bertz CT molecular complexity index is 954. The van der Waals surface area contributed by atoms with E-state index in [9.17, 15) is 9.18 Å². The summed E-state index contributed by atoms with van der Waals surface area (Å²) >= 11 is 1.25. The Hall–Kier alpha value is -2.80. The lowest BCUT2D eigenvalue weighted by atomic mass is 10.1. The van der Waals surface area contributed by atoms with E-state index in [1.54, 1.807) is 51.7 Å². The van der Waals surface area contributed by atoms with E-state index in [1.165, 1.54) is 17.4 Å². The fraction of sp³-hybridized carbons (Fsp3) is 0.211. The Morgan fingerprint density at radius 2 is 1.73 bits per heavy atom. The normalized spacial score (nSPS) is 10.6. The van der Waals surface area contributed by atoms with Crippen molar-refractivity contribution in [3.63, 3.8) is 0 Å². The number of rotatable bonds is 6. The van der Waals surface area contributed by atoms with Crippen LogP contribution < -0.4 is 19.5 Å². The Morgan fingerprint density at radius 1 is 1.04 bits per heavy atom. The first kappa shape index (κ1) is 18.0. The highest BCUT2D eigenvalue weighted by Crippen LogP contribution is 2.34. The van der Waals surface area contributed by atoms with Crippen LogP contribution in [0.5, 0.6) is 17.2 Å². The zero-order valence-electron chi connectivity index (χ0n) is 14.6. The summed E-state index contributed by atoms with van der Waals surface area (Å²) in [5.41, 5.74) is 0.741. The minimum Gasteiger partial charge on any atom is -0.496 e. The molecule has 1 heterocycles. The van der Waals surface area contributed by atoms with Crippen molar-refractivity contribution in [2.75, 3.05) is 21.3 Å². The third kappa shape index (κ3) is 3.43. The van der Waals surface area contributed by atoms with Gasteiger partial charge in [0.05, 0.1) is 26.2 Å². The fourth-order valence-corrected chi connectivity index (χ4v) is 3.62. The van der Waals surface area contributed by atoms with Crippen molar-refractivity contribution in [2.45, 2.75) is 6.54 Å². The van der Waals surface area contributed by atoms with E-state index < -0.39 is 0 Å². The molecule has 0 aliphatic carbocycles. The molecule has 0 saturated heterocycles. The van der Waals surface area contributed by atoms with E-state index >= 15 is 0 Å². The first-order valence-electron chi connectivity index (χ1n) is 7.82. The third-order valence-corrected chi connectivity index (χ3v) is 5.06. The van der Waals surface area contributed by atoms with Crippen molar-refractivity contribution in [1.82, 2.24) is 5.32 Å². The molecule has 0 bridgehead atoms.